The minimum Gasteiger partial charge on any atom is -0.497 e. The quantitative estimate of drug-likeness (QED) is 0.0336. The van der Waals surface area contributed by atoms with Crippen molar-refractivity contribution >= 4 is 31.8 Å². The van der Waals surface area contributed by atoms with Gasteiger partial charge in [-0.2, -0.15) is 4.98 Å². The van der Waals surface area contributed by atoms with Gasteiger partial charge in [0, 0.05) is 325 Å². The van der Waals surface area contributed by atoms with Gasteiger partial charge >= 0.3 is 11.7 Å². The van der Waals surface area contributed by atoms with Gasteiger partial charge in [-0.05, 0) is 226 Å². The van der Waals surface area contributed by atoms with Crippen molar-refractivity contribution in [1.82, 2.24) is 9.55 Å². The van der Waals surface area contributed by atoms with Gasteiger partial charge in [-0.1, -0.05) is 75.4 Å². The summed E-state index contributed by atoms with van der Waals surface area (Å²) in [5.74, 6) is 146. The SMILES string of the molecule is C#CC#CC#CC#CC#CC#CC#CC#CC#CC#CC#COc1cc(C(=O)Nc2ccn([C@@H]3O[C@H](COC(c4ccccc4)(c4ccc(OC)cc4)c4ccc(OC)cc4)C(OC(=O)CCC(C)=O)[C@@H]3O[Si](C)(C)C(C)(C)C)c(=O)n2)cc(OC#CC#CC#CC#CC#CC#CC#CC#CC#CC#CC#C)c1OC#CC#CC#CC#CC#CC#CC#CC#CC#CC#CC#C.[HH].[HH].[HH].[HH].[HH].[HH].[HH].[HH].[HH].[HH].[HH].[HH].[HH].[HH].[HH].[HH].[HH].[HH].[HH].[HH].[HH].[HH].[HH].[HH].[HH].[HH].[HH].[HH].[HH].[HH].[HH].[HH].[HH].[HH].[HH].[HH].[HH].[HH].[HH].[HH].[HH].[HH].[HH].[HH].[HH].[HH].[HH].[HH].[HH].[HH].[HH].[HH].[HH].[HH].[HH].[HH].[HH].[HH].[HH].[HH].[HH].[HH].[HH].[HH].[HH].[HH]. The van der Waals surface area contributed by atoms with E-state index in [1.807, 2.05) is 88.5 Å². The first-order valence-corrected chi connectivity index (χ1v) is 40.3. The van der Waals surface area contributed by atoms with Crippen molar-refractivity contribution in [1.29, 1.82) is 0 Å². The lowest BCUT2D eigenvalue weighted by atomic mass is 9.80. The van der Waals surface area contributed by atoms with Crippen molar-refractivity contribution in [2.24, 2.45) is 0 Å². The zero-order valence-corrected chi connectivity index (χ0v) is 71.7. The third-order valence-electron chi connectivity index (χ3n) is 16.0. The maximum atomic E-state index is 15.0. The fourth-order valence-corrected chi connectivity index (χ4v) is 10.7. The van der Waals surface area contributed by atoms with Crippen molar-refractivity contribution in [3.8, 4) is 422 Å². The van der Waals surface area contributed by atoms with E-state index in [9.17, 15) is 19.2 Å². The molecular formula is C114H187N3O13Si. The van der Waals surface area contributed by atoms with E-state index in [0.717, 1.165) is 4.57 Å². The van der Waals surface area contributed by atoms with Crippen molar-refractivity contribution in [3.63, 3.8) is 0 Å². The van der Waals surface area contributed by atoms with Gasteiger partial charge in [0.15, 0.2) is 32.1 Å². The molecule has 0 spiro atoms. The number of hydrogen-bond donors (Lipinski definition) is 1. The lowest BCUT2D eigenvalue weighted by Crippen LogP contribution is -2.51. The first kappa shape index (κ1) is 98.8. The molecule has 1 aliphatic heterocycles. The summed E-state index contributed by atoms with van der Waals surface area (Å²) >= 11 is 0. The topological polar surface area (TPSA) is 181 Å². The van der Waals surface area contributed by atoms with Crippen LogP contribution in [0.1, 0.15) is 168 Å². The molecule has 0 radical (unpaired) electrons. The van der Waals surface area contributed by atoms with Crippen LogP contribution < -0.4 is 34.7 Å². The fraction of sp³-hybridized carbons (Fsp3) is 0.149. The maximum Gasteiger partial charge on any atom is 0.351 e. The van der Waals surface area contributed by atoms with E-state index in [1.54, 1.807) is 38.5 Å². The van der Waals surface area contributed by atoms with Crippen LogP contribution >= 0.6 is 0 Å². The number of terminal acetylenes is 3. The van der Waals surface area contributed by atoms with Gasteiger partial charge < -0.3 is 52.4 Å². The normalized spacial score (nSPS) is 10.8. The molecular weight excluding hydrogens is 1650 g/mol. The number of hydrogen-bond acceptors (Lipinski definition) is 14. The summed E-state index contributed by atoms with van der Waals surface area (Å²) < 4.78 is 57.9. The average molecular weight is 1840 g/mol. The molecule has 4 atom stereocenters. The molecule has 0 aliphatic carbocycles. The molecule has 5 aromatic rings. The van der Waals surface area contributed by atoms with E-state index in [1.165, 1.54) is 31.3 Å². The second-order valence-corrected chi connectivity index (χ2v) is 30.1. The van der Waals surface area contributed by atoms with Gasteiger partial charge in [-0.3, -0.25) is 14.2 Å². The first-order chi connectivity index (χ1) is 63.9. The highest BCUT2D eigenvalue weighted by Gasteiger charge is 2.54. The highest BCUT2D eigenvalue weighted by atomic mass is 28.4. The first-order valence-electron chi connectivity index (χ1n) is 37.4. The van der Waals surface area contributed by atoms with Gasteiger partial charge in [-0.15, -0.1) is 19.3 Å². The number of methoxy groups -OCH3 is 2. The van der Waals surface area contributed by atoms with Crippen molar-refractivity contribution in [3.05, 3.63) is 136 Å². The number of ether oxygens (including phenoxy) is 8. The molecule has 0 saturated carbocycles. The summed E-state index contributed by atoms with van der Waals surface area (Å²) in [6.45, 7) is 11.0. The van der Waals surface area contributed by atoms with Crippen LogP contribution in [-0.4, -0.2) is 74.7 Å². The molecule has 1 N–H and O–H groups in total. The molecule has 1 saturated heterocycles. The molecule has 6 rings (SSSR count). The zero-order chi connectivity index (χ0) is 93.9. The van der Waals surface area contributed by atoms with Crippen molar-refractivity contribution < 1.29 is 151 Å². The monoisotopic (exact) mass is 1830 g/mol. The number of rotatable bonds is 20. The number of benzene rings is 4. The molecule has 1 aromatic heterocycles. The van der Waals surface area contributed by atoms with Gasteiger partial charge in [0.05, 0.1) is 27.2 Å². The van der Waals surface area contributed by atoms with E-state index in [-0.39, 0.29) is 148 Å². The van der Waals surface area contributed by atoms with Crippen LogP contribution in [0, 0.1) is 393 Å². The van der Waals surface area contributed by atoms with Gasteiger partial charge in [0.2, 0.25) is 5.75 Å². The molecule has 0 bridgehead atoms. The summed E-state index contributed by atoms with van der Waals surface area (Å²) in [4.78, 5) is 60.6. The minimum atomic E-state index is -2.97. The molecule has 2 heterocycles. The molecule has 1 fully saturated rings. The number of carbonyl (C=O) groups is 3. The third-order valence-corrected chi connectivity index (χ3v) is 20.4. The Bertz CT molecular complexity index is 7680. The molecule has 740 valence electrons. The number of nitrogens with one attached hydrogen (secondary N) is 1. The maximum absolute atomic E-state index is 15.0. The zero-order valence-electron chi connectivity index (χ0n) is 70.7. The van der Waals surface area contributed by atoms with Crippen LogP contribution in [0.3, 0.4) is 0 Å². The summed E-state index contributed by atoms with van der Waals surface area (Å²) in [6, 6.07) is 27.9. The van der Waals surface area contributed by atoms with Crippen LogP contribution in [0.4, 0.5) is 5.82 Å². The summed E-state index contributed by atoms with van der Waals surface area (Å²) in [7, 11) is 0.150. The number of ketones is 1. The lowest BCUT2D eigenvalue weighted by molar-refractivity contribution is -0.159. The summed E-state index contributed by atoms with van der Waals surface area (Å²) in [5, 5.41) is 2.17. The van der Waals surface area contributed by atoms with Crippen LogP contribution in [-0.2, 0) is 33.8 Å². The number of carbonyl (C=O) groups excluding carboxylic acids is 3. The number of esters is 1. The largest absolute Gasteiger partial charge is 0.497 e. The van der Waals surface area contributed by atoms with Crippen molar-refractivity contribution in [2.75, 3.05) is 26.1 Å². The predicted octanol–water partition coefficient (Wildman–Crippen LogP) is 24.3. The Kier molecular flexibility index (Phi) is 43.7. The van der Waals surface area contributed by atoms with Crippen LogP contribution in [0.25, 0.3) is 0 Å². The van der Waals surface area contributed by atoms with Gasteiger partial charge in [0.25, 0.3) is 5.91 Å². The molecule has 1 aliphatic rings. The summed E-state index contributed by atoms with van der Waals surface area (Å²) in [6.07, 6.45) is 18.1. The van der Waals surface area contributed by atoms with E-state index in [0.29, 0.717) is 28.2 Å². The van der Waals surface area contributed by atoms with E-state index in [2.05, 4.69) is 384 Å². The third kappa shape index (κ3) is 36.8. The second kappa shape index (κ2) is 58.0. The fourth-order valence-electron chi connectivity index (χ4n) is 9.46. The van der Waals surface area contributed by atoms with Gasteiger partial charge in [0.1, 0.15) is 59.2 Å². The highest BCUT2D eigenvalue weighted by molar-refractivity contribution is 6.74. The summed E-state index contributed by atoms with van der Waals surface area (Å²) in [5.41, 5.74) is -0.584. The van der Waals surface area contributed by atoms with Crippen molar-refractivity contribution in [2.45, 2.75) is 88.8 Å². The van der Waals surface area contributed by atoms with Gasteiger partial charge in [-0.25, -0.2) is 4.79 Å². The molecule has 17 heteroatoms. The molecule has 4 aromatic carbocycles. The Morgan fingerprint density at radius 2 is 0.771 bits per heavy atom. The van der Waals surface area contributed by atoms with E-state index in [4.69, 9.17) is 61.6 Å². The highest BCUT2D eigenvalue weighted by Crippen LogP contribution is 2.46. The Labute approximate surface area is 863 Å². The lowest BCUT2D eigenvalue weighted by Gasteiger charge is -2.40. The molecule has 1 amide bonds. The van der Waals surface area contributed by atoms with E-state index >= 15 is 0 Å². The second-order valence-electron chi connectivity index (χ2n) is 25.3. The number of anilines is 1. The van der Waals surface area contributed by atoms with Crippen LogP contribution in [0.5, 0.6) is 28.7 Å². The Balaban J connectivity index is -0.0000000475. The average Bonchev–Trinajstić information content (AvgIpc) is 1.73. The van der Waals surface area contributed by atoms with Crippen LogP contribution in [0.2, 0.25) is 18.1 Å². The van der Waals surface area contributed by atoms with Crippen LogP contribution in [0.15, 0.2) is 108 Å². The Morgan fingerprint density at radius 1 is 0.443 bits per heavy atom. The Hall–Kier alpha value is -21.1. The van der Waals surface area contributed by atoms with E-state index < -0.39 is 61.1 Å². The number of aromatic nitrogens is 2. The number of amides is 1. The minimum absolute atomic E-state index is 0. The molecule has 1 unspecified atom stereocenters. The standard InChI is InChI=1S/C114H55N3O13Si.66H2/c1-12-15-18-21-24-27-30-33-36-39-42-45-48-51-54-57-60-63-66-72-89-124-102-92-96(93-103(125-90-73-67-64-61-58-55-52-49-46-43-40-37-34-31-28-25-22-19-16-13-2)107(102)126-91-74-68-65-62-59-56-53-50-47-44-41-38-35-32-29-26-23-20-17-14-3)110(120)115-105-87-88-117(112(121)116-105)111-109(130-131(10,11)113(5,6)7)108(129-106(119)86-77-95(4)118)104(128-111)94-127-114(97-75-70-69-71-76-97,98-78-82-100(122-8)83-79-98)99-80-84-101(123-9)85-81-99;;;;;;;;;;;;;;;;;;;;;;;;;;;;;;;;;;;;;;;;;;;;;;;;;;;;;;;;;;;;;;;;;;/h1-3,69-71,75-76,78-85,87-88,92-93,104,108-109,111H,77,86,94H2,4-11H3,(H,115,116,120,121);66*1H/t104-,108?,109+,111-;;;;;;;;;;;;;;;;;;;;;;;;;;;;;;;;;;;;;;;;;;;;;;;;;;;;;;;;;;;;;;;;;;/m1................................................................../s1. The molecule has 131 heavy (non-hydrogen) atoms. The molecule has 16 nitrogen and oxygen atoms in total. The number of nitrogens with zero attached hydrogens (tertiary/aromatic N) is 2. The number of Topliss-reactive ketones (excluding diaryl/α,β-unsaturated/α-hetero) is 1. The smallest absolute Gasteiger partial charge is 0.351 e. The predicted molar refractivity (Wildman–Crippen MR) is 638 cm³/mol. The Morgan fingerprint density at radius 3 is 1.09 bits per heavy atom.